The van der Waals surface area contributed by atoms with Gasteiger partial charge < -0.3 is 5.32 Å². The third kappa shape index (κ3) is 3.69. The number of amides is 1. The lowest BCUT2D eigenvalue weighted by Gasteiger charge is -2.20. The highest BCUT2D eigenvalue weighted by Crippen LogP contribution is 2.27. The van der Waals surface area contributed by atoms with Gasteiger partial charge in [0.05, 0.1) is 10.8 Å². The molecular weight excluding hydrogens is 280 g/mol. The Kier molecular flexibility index (Phi) is 4.88. The van der Waals surface area contributed by atoms with Crippen LogP contribution in [0.5, 0.6) is 0 Å². The fourth-order valence-corrected chi connectivity index (χ4v) is 2.38. The van der Waals surface area contributed by atoms with Crippen molar-refractivity contribution in [1.29, 1.82) is 0 Å². The standard InChI is InChI=1S/C17H18N2O3/c1-12(2)16(13-8-10-15(11-9-13)19(21)22)17(20)18-14-6-4-3-5-7-14/h3-12,16H,1-2H3,(H,18,20). The number of nitro groups is 1. The predicted octanol–water partition coefficient (Wildman–Crippen LogP) is 3.97. The number of hydrogen-bond acceptors (Lipinski definition) is 3. The van der Waals surface area contributed by atoms with Crippen LogP contribution >= 0.6 is 0 Å². The van der Waals surface area contributed by atoms with E-state index in [1.165, 1.54) is 12.1 Å². The van der Waals surface area contributed by atoms with Crippen LogP contribution in [0.2, 0.25) is 0 Å². The van der Waals surface area contributed by atoms with E-state index in [9.17, 15) is 14.9 Å². The molecule has 1 N–H and O–H groups in total. The van der Waals surface area contributed by atoms with Crippen LogP contribution in [0.3, 0.4) is 0 Å². The van der Waals surface area contributed by atoms with Gasteiger partial charge in [0.2, 0.25) is 5.91 Å². The van der Waals surface area contributed by atoms with Crippen LogP contribution < -0.4 is 5.32 Å². The topological polar surface area (TPSA) is 72.2 Å². The zero-order valence-electron chi connectivity index (χ0n) is 12.5. The van der Waals surface area contributed by atoms with Crippen molar-refractivity contribution >= 4 is 17.3 Å². The first-order valence-electron chi connectivity index (χ1n) is 7.09. The van der Waals surface area contributed by atoms with Crippen LogP contribution in [0.1, 0.15) is 25.3 Å². The lowest BCUT2D eigenvalue weighted by atomic mass is 9.87. The van der Waals surface area contributed by atoms with Crippen LogP contribution in [0.4, 0.5) is 11.4 Å². The summed E-state index contributed by atoms with van der Waals surface area (Å²) in [5.74, 6) is -0.402. The third-order valence-corrected chi connectivity index (χ3v) is 3.45. The minimum absolute atomic E-state index is 0.0229. The fourth-order valence-electron chi connectivity index (χ4n) is 2.38. The molecule has 0 radical (unpaired) electrons. The number of carbonyl (C=O) groups is 1. The van der Waals surface area contributed by atoms with E-state index in [-0.39, 0.29) is 23.4 Å². The average Bonchev–Trinajstić information content (AvgIpc) is 2.48. The number of nitrogens with zero attached hydrogens (tertiary/aromatic N) is 1. The molecule has 2 rings (SSSR count). The number of benzene rings is 2. The van der Waals surface area contributed by atoms with E-state index in [2.05, 4.69) is 5.32 Å². The summed E-state index contributed by atoms with van der Waals surface area (Å²) in [4.78, 5) is 22.8. The molecule has 5 nitrogen and oxygen atoms in total. The van der Waals surface area contributed by atoms with Crippen molar-refractivity contribution < 1.29 is 9.72 Å². The van der Waals surface area contributed by atoms with Crippen molar-refractivity contribution in [3.8, 4) is 0 Å². The summed E-state index contributed by atoms with van der Waals surface area (Å²) in [5, 5.41) is 13.6. The highest BCUT2D eigenvalue weighted by atomic mass is 16.6. The maximum atomic E-state index is 12.5. The minimum Gasteiger partial charge on any atom is -0.326 e. The van der Waals surface area contributed by atoms with Gasteiger partial charge in [-0.3, -0.25) is 14.9 Å². The molecule has 0 aliphatic heterocycles. The van der Waals surface area contributed by atoms with Crippen molar-refractivity contribution in [2.75, 3.05) is 5.32 Å². The monoisotopic (exact) mass is 298 g/mol. The van der Waals surface area contributed by atoms with Gasteiger partial charge in [-0.2, -0.15) is 0 Å². The number of carbonyl (C=O) groups excluding carboxylic acids is 1. The number of rotatable bonds is 5. The maximum Gasteiger partial charge on any atom is 0.269 e. The van der Waals surface area contributed by atoms with Crippen LogP contribution in [0, 0.1) is 16.0 Å². The SMILES string of the molecule is CC(C)C(C(=O)Nc1ccccc1)c1ccc([N+](=O)[O-])cc1. The molecule has 22 heavy (non-hydrogen) atoms. The van der Waals surface area contributed by atoms with E-state index in [0.717, 1.165) is 11.3 Å². The largest absolute Gasteiger partial charge is 0.326 e. The molecule has 0 spiro atoms. The Morgan fingerprint density at radius 3 is 2.14 bits per heavy atom. The zero-order chi connectivity index (χ0) is 16.1. The molecule has 0 heterocycles. The molecule has 1 unspecified atom stereocenters. The normalized spacial score (nSPS) is 12.0. The molecule has 1 amide bonds. The smallest absolute Gasteiger partial charge is 0.269 e. The molecule has 114 valence electrons. The van der Waals surface area contributed by atoms with Gasteiger partial charge in [0.15, 0.2) is 0 Å². The Morgan fingerprint density at radius 2 is 1.64 bits per heavy atom. The van der Waals surface area contributed by atoms with E-state index in [1.807, 2.05) is 44.2 Å². The number of para-hydroxylation sites is 1. The van der Waals surface area contributed by atoms with Crippen LogP contribution in [-0.2, 0) is 4.79 Å². The van der Waals surface area contributed by atoms with Crippen LogP contribution in [-0.4, -0.2) is 10.8 Å². The quantitative estimate of drug-likeness (QED) is 0.670. The molecule has 2 aromatic carbocycles. The molecule has 1 atom stereocenters. The fraction of sp³-hybridized carbons (Fsp3) is 0.235. The number of hydrogen-bond donors (Lipinski definition) is 1. The van der Waals surface area contributed by atoms with Crippen molar-refractivity contribution in [3.63, 3.8) is 0 Å². The number of anilines is 1. The highest BCUT2D eigenvalue weighted by Gasteiger charge is 2.24. The number of non-ortho nitro benzene ring substituents is 1. The van der Waals surface area contributed by atoms with Crippen molar-refractivity contribution in [1.82, 2.24) is 0 Å². The Hall–Kier alpha value is -2.69. The van der Waals surface area contributed by atoms with E-state index < -0.39 is 4.92 Å². The third-order valence-electron chi connectivity index (χ3n) is 3.45. The molecule has 5 heteroatoms. The van der Waals surface area contributed by atoms with Crippen molar-refractivity contribution in [3.05, 3.63) is 70.3 Å². The Balaban J connectivity index is 2.22. The van der Waals surface area contributed by atoms with Gasteiger partial charge in [-0.25, -0.2) is 0 Å². The number of nitrogens with one attached hydrogen (secondary N) is 1. The molecule has 0 aromatic heterocycles. The summed E-state index contributed by atoms with van der Waals surface area (Å²) < 4.78 is 0. The summed E-state index contributed by atoms with van der Waals surface area (Å²) in [6.45, 7) is 3.91. The van der Waals surface area contributed by atoms with Gasteiger partial charge >= 0.3 is 0 Å². The summed E-state index contributed by atoms with van der Waals surface area (Å²) in [6, 6.07) is 15.4. The number of nitro benzene ring substituents is 1. The Labute approximate surface area is 129 Å². The molecule has 0 aliphatic rings. The maximum absolute atomic E-state index is 12.5. The van der Waals surface area contributed by atoms with Crippen LogP contribution in [0.25, 0.3) is 0 Å². The second-order valence-corrected chi connectivity index (χ2v) is 5.43. The van der Waals surface area contributed by atoms with E-state index >= 15 is 0 Å². The van der Waals surface area contributed by atoms with Gasteiger partial charge in [0, 0.05) is 17.8 Å². The van der Waals surface area contributed by atoms with Gasteiger partial charge in [-0.05, 0) is 23.6 Å². The first-order valence-corrected chi connectivity index (χ1v) is 7.09. The molecule has 0 bridgehead atoms. The summed E-state index contributed by atoms with van der Waals surface area (Å²) >= 11 is 0. The molecule has 0 fully saturated rings. The van der Waals surface area contributed by atoms with Gasteiger partial charge in [-0.1, -0.05) is 44.2 Å². The average molecular weight is 298 g/mol. The lowest BCUT2D eigenvalue weighted by molar-refractivity contribution is -0.384. The van der Waals surface area contributed by atoms with E-state index in [1.54, 1.807) is 12.1 Å². The molecule has 2 aromatic rings. The summed E-state index contributed by atoms with van der Waals surface area (Å²) in [5.41, 5.74) is 1.53. The van der Waals surface area contributed by atoms with Crippen molar-refractivity contribution in [2.45, 2.75) is 19.8 Å². The van der Waals surface area contributed by atoms with Crippen LogP contribution in [0.15, 0.2) is 54.6 Å². The molecular formula is C17H18N2O3. The predicted molar refractivity (Wildman–Crippen MR) is 85.7 cm³/mol. The Morgan fingerprint density at radius 1 is 1.05 bits per heavy atom. The first kappa shape index (κ1) is 15.7. The minimum atomic E-state index is -0.446. The van der Waals surface area contributed by atoms with Gasteiger partial charge in [0.1, 0.15) is 0 Å². The van der Waals surface area contributed by atoms with E-state index in [0.29, 0.717) is 0 Å². The molecule has 0 saturated carbocycles. The van der Waals surface area contributed by atoms with Crippen molar-refractivity contribution in [2.24, 2.45) is 5.92 Å². The zero-order valence-corrected chi connectivity index (χ0v) is 12.5. The Bertz CT molecular complexity index is 651. The summed E-state index contributed by atoms with van der Waals surface area (Å²) in [7, 11) is 0. The lowest BCUT2D eigenvalue weighted by Crippen LogP contribution is -2.25. The van der Waals surface area contributed by atoms with Gasteiger partial charge in [0.25, 0.3) is 5.69 Å². The molecule has 0 saturated heterocycles. The molecule has 0 aliphatic carbocycles. The second-order valence-electron chi connectivity index (χ2n) is 5.43. The van der Waals surface area contributed by atoms with E-state index in [4.69, 9.17) is 0 Å². The second kappa shape index (κ2) is 6.85. The first-order chi connectivity index (χ1) is 10.5. The highest BCUT2D eigenvalue weighted by molar-refractivity contribution is 5.96. The summed E-state index contributed by atoms with van der Waals surface area (Å²) in [6.07, 6.45) is 0. The van der Waals surface area contributed by atoms with Gasteiger partial charge in [-0.15, -0.1) is 0 Å².